The van der Waals surface area contributed by atoms with Crippen molar-refractivity contribution in [3.05, 3.63) is 49.5 Å². The van der Waals surface area contributed by atoms with Gasteiger partial charge in [-0.25, -0.2) is 0 Å². The highest BCUT2D eigenvalue weighted by molar-refractivity contribution is 9.13. The van der Waals surface area contributed by atoms with Gasteiger partial charge in [0.15, 0.2) is 0 Å². The van der Waals surface area contributed by atoms with Gasteiger partial charge < -0.3 is 10.2 Å². The molecule has 2 amide bonds. The lowest BCUT2D eigenvalue weighted by atomic mass is 10.2. The molecule has 2 aromatic rings. The molecular formula is C17H17Br2N3O2S. The molecule has 0 spiro atoms. The number of nitrogens with one attached hydrogen (secondary N) is 1. The Morgan fingerprint density at radius 2 is 1.76 bits per heavy atom. The molecule has 0 saturated carbocycles. The first-order valence-corrected chi connectivity index (χ1v) is 10.2. The summed E-state index contributed by atoms with van der Waals surface area (Å²) in [7, 11) is 0. The van der Waals surface area contributed by atoms with Crippen LogP contribution in [-0.4, -0.2) is 54.3 Å². The molecule has 25 heavy (non-hydrogen) atoms. The van der Waals surface area contributed by atoms with Gasteiger partial charge in [-0.2, -0.15) is 0 Å². The van der Waals surface area contributed by atoms with Crippen LogP contribution in [0, 0.1) is 0 Å². The van der Waals surface area contributed by atoms with Gasteiger partial charge in [-0.15, -0.1) is 11.3 Å². The van der Waals surface area contributed by atoms with Crippen LogP contribution in [0.15, 0.2) is 44.7 Å². The van der Waals surface area contributed by atoms with E-state index in [-0.39, 0.29) is 11.8 Å². The first-order chi connectivity index (χ1) is 12.0. The molecule has 1 saturated heterocycles. The van der Waals surface area contributed by atoms with Crippen LogP contribution in [0.1, 0.15) is 9.67 Å². The number of piperazine rings is 1. The number of nitrogens with zero attached hydrogens (tertiary/aromatic N) is 2. The van der Waals surface area contributed by atoms with Crippen LogP contribution in [-0.2, 0) is 4.79 Å². The van der Waals surface area contributed by atoms with E-state index in [1.54, 1.807) is 0 Å². The van der Waals surface area contributed by atoms with E-state index in [2.05, 4.69) is 42.1 Å². The summed E-state index contributed by atoms with van der Waals surface area (Å²) in [6.45, 7) is 2.99. The predicted molar refractivity (Wildman–Crippen MR) is 107 cm³/mol. The van der Waals surface area contributed by atoms with Crippen LogP contribution < -0.4 is 5.32 Å². The Morgan fingerprint density at radius 1 is 1.08 bits per heavy atom. The fourth-order valence-corrected chi connectivity index (χ4v) is 4.65. The van der Waals surface area contributed by atoms with Crippen molar-refractivity contribution >= 4 is 60.7 Å². The molecule has 3 rings (SSSR count). The molecule has 2 heterocycles. The zero-order valence-electron chi connectivity index (χ0n) is 13.4. The van der Waals surface area contributed by atoms with Gasteiger partial charge in [0.1, 0.15) is 0 Å². The maximum Gasteiger partial charge on any atom is 0.264 e. The lowest BCUT2D eigenvalue weighted by molar-refractivity contribution is -0.117. The van der Waals surface area contributed by atoms with Gasteiger partial charge in [-0.05, 0) is 50.1 Å². The number of halogens is 2. The summed E-state index contributed by atoms with van der Waals surface area (Å²) < 4.78 is 1.82. The SMILES string of the molecule is O=C(CN1CCN(C(=O)c2cc(Br)c(Br)s2)CC1)Nc1ccccc1. The second kappa shape index (κ2) is 8.44. The van der Waals surface area contributed by atoms with Gasteiger partial charge in [-0.3, -0.25) is 14.5 Å². The maximum absolute atomic E-state index is 12.5. The zero-order valence-corrected chi connectivity index (χ0v) is 17.4. The Morgan fingerprint density at radius 3 is 2.36 bits per heavy atom. The summed E-state index contributed by atoms with van der Waals surface area (Å²) in [6, 6.07) is 11.3. The Balaban J connectivity index is 1.48. The number of amides is 2. The minimum Gasteiger partial charge on any atom is -0.335 e. The van der Waals surface area contributed by atoms with E-state index in [0.29, 0.717) is 37.6 Å². The van der Waals surface area contributed by atoms with Gasteiger partial charge in [0.2, 0.25) is 5.91 Å². The van der Waals surface area contributed by atoms with E-state index < -0.39 is 0 Å². The van der Waals surface area contributed by atoms with E-state index >= 15 is 0 Å². The molecule has 1 aromatic heterocycles. The number of anilines is 1. The molecular weight excluding hydrogens is 470 g/mol. The largest absolute Gasteiger partial charge is 0.335 e. The number of hydrogen-bond acceptors (Lipinski definition) is 4. The maximum atomic E-state index is 12.5. The van der Waals surface area contributed by atoms with Gasteiger partial charge in [0.05, 0.1) is 15.2 Å². The minimum absolute atomic E-state index is 0.0305. The molecule has 0 aliphatic carbocycles. The average molecular weight is 487 g/mol. The Bertz CT molecular complexity index is 739. The molecule has 1 fully saturated rings. The molecule has 1 N–H and O–H groups in total. The van der Waals surface area contributed by atoms with Crippen molar-refractivity contribution in [2.45, 2.75) is 0 Å². The van der Waals surface area contributed by atoms with Crippen molar-refractivity contribution in [2.24, 2.45) is 0 Å². The quantitative estimate of drug-likeness (QED) is 0.717. The van der Waals surface area contributed by atoms with E-state index in [0.717, 1.165) is 13.9 Å². The van der Waals surface area contributed by atoms with Gasteiger partial charge in [0, 0.05) is 36.3 Å². The highest BCUT2D eigenvalue weighted by Crippen LogP contribution is 2.33. The number of para-hydroxylation sites is 1. The molecule has 1 aliphatic rings. The third-order valence-corrected chi connectivity index (χ3v) is 7.18. The summed E-state index contributed by atoms with van der Waals surface area (Å²) in [4.78, 5) is 29.3. The highest BCUT2D eigenvalue weighted by Gasteiger charge is 2.24. The second-order valence-corrected chi connectivity index (χ2v) is 8.94. The predicted octanol–water partition coefficient (Wildman–Crippen LogP) is 3.67. The molecule has 132 valence electrons. The molecule has 0 atom stereocenters. The summed E-state index contributed by atoms with van der Waals surface area (Å²) in [5.74, 6) is 0.0156. The summed E-state index contributed by atoms with van der Waals surface area (Å²) >= 11 is 8.26. The minimum atomic E-state index is -0.0305. The summed E-state index contributed by atoms with van der Waals surface area (Å²) in [6.07, 6.45) is 0. The third-order valence-electron chi connectivity index (χ3n) is 3.94. The number of rotatable bonds is 4. The van der Waals surface area contributed by atoms with Crippen LogP contribution >= 0.6 is 43.2 Å². The van der Waals surface area contributed by atoms with Crippen molar-refractivity contribution in [3.8, 4) is 0 Å². The van der Waals surface area contributed by atoms with Crippen LogP contribution in [0.4, 0.5) is 5.69 Å². The van der Waals surface area contributed by atoms with Crippen molar-refractivity contribution in [1.82, 2.24) is 9.80 Å². The molecule has 0 bridgehead atoms. The fraction of sp³-hybridized carbons (Fsp3) is 0.294. The van der Waals surface area contributed by atoms with Gasteiger partial charge in [0.25, 0.3) is 5.91 Å². The monoisotopic (exact) mass is 485 g/mol. The van der Waals surface area contributed by atoms with Crippen LogP contribution in [0.25, 0.3) is 0 Å². The highest BCUT2D eigenvalue weighted by atomic mass is 79.9. The fourth-order valence-electron chi connectivity index (χ4n) is 2.64. The number of carbonyl (C=O) groups excluding carboxylic acids is 2. The molecule has 0 unspecified atom stereocenters. The molecule has 0 radical (unpaired) electrons. The lowest BCUT2D eigenvalue weighted by Crippen LogP contribution is -2.50. The van der Waals surface area contributed by atoms with Crippen molar-refractivity contribution in [1.29, 1.82) is 0 Å². The Kier molecular flexibility index (Phi) is 6.27. The molecule has 1 aliphatic heterocycles. The Hall–Kier alpha value is -1.22. The van der Waals surface area contributed by atoms with E-state index in [1.807, 2.05) is 41.3 Å². The number of thiophene rings is 1. The standard InChI is InChI=1S/C17H17Br2N3O2S/c18-13-10-14(25-16(13)19)17(24)22-8-6-21(7-9-22)11-15(23)20-12-4-2-1-3-5-12/h1-5,10H,6-9,11H2,(H,20,23). The number of benzene rings is 1. The lowest BCUT2D eigenvalue weighted by Gasteiger charge is -2.34. The summed E-state index contributed by atoms with van der Waals surface area (Å²) in [5.41, 5.74) is 0.801. The number of carbonyl (C=O) groups is 2. The van der Waals surface area contributed by atoms with Gasteiger partial charge in [-0.1, -0.05) is 18.2 Å². The van der Waals surface area contributed by atoms with Crippen molar-refractivity contribution < 1.29 is 9.59 Å². The first-order valence-electron chi connectivity index (χ1n) is 7.84. The average Bonchev–Trinajstić information content (AvgIpc) is 2.95. The zero-order chi connectivity index (χ0) is 17.8. The Labute approximate surface area is 167 Å². The van der Waals surface area contributed by atoms with Crippen LogP contribution in [0.2, 0.25) is 0 Å². The first kappa shape index (κ1) is 18.6. The molecule has 1 aromatic carbocycles. The molecule has 5 nitrogen and oxygen atoms in total. The third kappa shape index (κ3) is 4.91. The number of hydrogen-bond donors (Lipinski definition) is 1. The van der Waals surface area contributed by atoms with E-state index in [1.165, 1.54) is 11.3 Å². The van der Waals surface area contributed by atoms with Gasteiger partial charge >= 0.3 is 0 Å². The second-order valence-electron chi connectivity index (χ2n) is 5.71. The smallest absolute Gasteiger partial charge is 0.264 e. The van der Waals surface area contributed by atoms with E-state index in [4.69, 9.17) is 0 Å². The molecule has 8 heteroatoms. The topological polar surface area (TPSA) is 52.7 Å². The normalized spacial score (nSPS) is 15.2. The van der Waals surface area contributed by atoms with Crippen molar-refractivity contribution in [3.63, 3.8) is 0 Å². The van der Waals surface area contributed by atoms with Crippen molar-refractivity contribution in [2.75, 3.05) is 38.0 Å². The summed E-state index contributed by atoms with van der Waals surface area (Å²) in [5, 5.41) is 2.89. The van der Waals surface area contributed by atoms with Crippen LogP contribution in [0.5, 0.6) is 0 Å². The van der Waals surface area contributed by atoms with E-state index in [9.17, 15) is 9.59 Å². The van der Waals surface area contributed by atoms with Crippen LogP contribution in [0.3, 0.4) is 0 Å².